The Morgan fingerprint density at radius 3 is 3.06 bits per heavy atom. The summed E-state index contributed by atoms with van der Waals surface area (Å²) in [7, 11) is 1.87. The number of aromatic nitrogens is 1. The number of nitrogens with zero attached hydrogens (tertiary/aromatic N) is 2. The Balaban J connectivity index is 1.63. The average molecular weight is 266 g/mol. The fourth-order valence-electron chi connectivity index (χ4n) is 3.64. The maximum Gasteiger partial charge on any atom is 0.0897 e. The lowest BCUT2D eigenvalue weighted by atomic mass is 9.79. The van der Waals surface area contributed by atoms with Gasteiger partial charge in [0.1, 0.15) is 0 Å². The van der Waals surface area contributed by atoms with Crippen molar-refractivity contribution in [2.75, 3.05) is 20.2 Å². The maximum absolute atomic E-state index is 5.67. The van der Waals surface area contributed by atoms with E-state index in [9.17, 15) is 0 Å². The second-order valence-corrected chi connectivity index (χ2v) is 6.74. The molecule has 0 radical (unpaired) electrons. The molecule has 1 aromatic heterocycles. The molecule has 18 heavy (non-hydrogen) atoms. The molecule has 1 aromatic rings. The third-order valence-corrected chi connectivity index (χ3v) is 5.29. The lowest BCUT2D eigenvalue weighted by molar-refractivity contribution is 0.0125. The van der Waals surface area contributed by atoms with Crippen molar-refractivity contribution in [3.63, 3.8) is 0 Å². The van der Waals surface area contributed by atoms with Crippen molar-refractivity contribution in [1.29, 1.82) is 0 Å². The summed E-state index contributed by atoms with van der Waals surface area (Å²) in [5.74, 6) is 1.60. The number of rotatable bonds is 3. The number of likely N-dealkylation sites (tertiary alicyclic amines) is 1. The summed E-state index contributed by atoms with van der Waals surface area (Å²) in [5, 5.41) is 3.38. The van der Waals surface area contributed by atoms with Gasteiger partial charge in [-0.15, -0.1) is 11.3 Å². The number of hydrogen-bond donors (Lipinski definition) is 0. The minimum atomic E-state index is 0.492. The van der Waals surface area contributed by atoms with Gasteiger partial charge in [-0.25, -0.2) is 4.98 Å². The van der Waals surface area contributed by atoms with Crippen molar-refractivity contribution in [3.8, 4) is 0 Å². The van der Waals surface area contributed by atoms with Crippen molar-refractivity contribution in [2.45, 2.75) is 38.8 Å². The molecule has 0 spiro atoms. The molecule has 3 rings (SSSR count). The highest BCUT2D eigenvalue weighted by molar-refractivity contribution is 7.09. The number of aryl methyl sites for hydroxylation is 1. The first kappa shape index (κ1) is 12.6. The van der Waals surface area contributed by atoms with Gasteiger partial charge in [0.05, 0.1) is 16.8 Å². The molecule has 4 heteroatoms. The van der Waals surface area contributed by atoms with Gasteiger partial charge in [-0.2, -0.15) is 0 Å². The van der Waals surface area contributed by atoms with Crippen LogP contribution in [0.5, 0.6) is 0 Å². The molecular weight excluding hydrogens is 244 g/mol. The second kappa shape index (κ2) is 5.27. The molecule has 3 nitrogen and oxygen atoms in total. The summed E-state index contributed by atoms with van der Waals surface area (Å²) in [6.45, 7) is 5.54. The van der Waals surface area contributed by atoms with Crippen LogP contribution in [0.25, 0.3) is 0 Å². The predicted molar refractivity (Wildman–Crippen MR) is 73.8 cm³/mol. The largest absolute Gasteiger partial charge is 0.381 e. The third-order valence-electron chi connectivity index (χ3n) is 4.46. The van der Waals surface area contributed by atoms with Crippen LogP contribution in [0.15, 0.2) is 5.38 Å². The van der Waals surface area contributed by atoms with Gasteiger partial charge in [0.25, 0.3) is 0 Å². The predicted octanol–water partition coefficient (Wildman–Crippen LogP) is 2.70. The first-order valence-corrected chi connectivity index (χ1v) is 7.80. The van der Waals surface area contributed by atoms with Gasteiger partial charge in [-0.05, 0) is 25.7 Å². The molecule has 100 valence electrons. The molecule has 3 atom stereocenters. The van der Waals surface area contributed by atoms with E-state index in [0.29, 0.717) is 6.10 Å². The number of fused-ring (bicyclic) bond motifs is 1. The lowest BCUT2D eigenvalue weighted by Gasteiger charge is -2.31. The number of ether oxygens (including phenoxy) is 1. The summed E-state index contributed by atoms with van der Waals surface area (Å²) >= 11 is 1.76. The summed E-state index contributed by atoms with van der Waals surface area (Å²) in [6.07, 6.45) is 4.47. The molecule has 2 heterocycles. The van der Waals surface area contributed by atoms with E-state index < -0.39 is 0 Å². The molecular formula is C14H22N2OS. The zero-order valence-corrected chi connectivity index (χ0v) is 12.1. The van der Waals surface area contributed by atoms with Crippen LogP contribution in [0.1, 0.15) is 30.0 Å². The Bertz CT molecular complexity index is 406. The maximum atomic E-state index is 5.67. The van der Waals surface area contributed by atoms with E-state index in [4.69, 9.17) is 4.74 Å². The molecule has 0 bridgehead atoms. The zero-order valence-electron chi connectivity index (χ0n) is 11.3. The number of methoxy groups -OCH3 is 1. The first-order valence-electron chi connectivity index (χ1n) is 6.92. The molecule has 2 fully saturated rings. The van der Waals surface area contributed by atoms with Crippen LogP contribution in [0.3, 0.4) is 0 Å². The van der Waals surface area contributed by atoms with Crippen LogP contribution in [0.4, 0.5) is 0 Å². The van der Waals surface area contributed by atoms with Gasteiger partial charge in [0, 0.05) is 38.0 Å². The molecule has 1 unspecified atom stereocenters. The standard InChI is InChI=1S/C14H22N2OS/c1-10-15-12(9-18-10)7-16-6-11-4-3-5-14(17-2)13(11)8-16/h9,11,13-14H,3-8H2,1-2H3/t11-,13+,14?/m0/s1. The smallest absolute Gasteiger partial charge is 0.0897 e. The Hall–Kier alpha value is -0.450. The van der Waals surface area contributed by atoms with Crippen LogP contribution in [0.2, 0.25) is 0 Å². The molecule has 1 saturated heterocycles. The van der Waals surface area contributed by atoms with Crippen molar-refractivity contribution in [1.82, 2.24) is 9.88 Å². The SMILES string of the molecule is COC1CCC[C@H]2CN(Cc3csc(C)n3)C[C@@H]12. The van der Waals surface area contributed by atoms with Gasteiger partial charge in [-0.1, -0.05) is 6.42 Å². The van der Waals surface area contributed by atoms with E-state index in [2.05, 4.69) is 22.2 Å². The Kier molecular flexibility index (Phi) is 3.68. The van der Waals surface area contributed by atoms with E-state index in [1.807, 2.05) is 7.11 Å². The average Bonchev–Trinajstić information content (AvgIpc) is 2.94. The van der Waals surface area contributed by atoms with E-state index in [-0.39, 0.29) is 0 Å². The highest BCUT2D eigenvalue weighted by atomic mass is 32.1. The van der Waals surface area contributed by atoms with Gasteiger partial charge in [0.15, 0.2) is 0 Å². The fraction of sp³-hybridized carbons (Fsp3) is 0.786. The highest BCUT2D eigenvalue weighted by Gasteiger charge is 2.40. The van der Waals surface area contributed by atoms with E-state index in [0.717, 1.165) is 18.4 Å². The van der Waals surface area contributed by atoms with Crippen molar-refractivity contribution >= 4 is 11.3 Å². The van der Waals surface area contributed by atoms with Crippen LogP contribution >= 0.6 is 11.3 Å². The molecule has 0 aromatic carbocycles. The Morgan fingerprint density at radius 2 is 2.33 bits per heavy atom. The molecule has 2 aliphatic rings. The summed E-state index contributed by atoms with van der Waals surface area (Å²) < 4.78 is 5.67. The minimum Gasteiger partial charge on any atom is -0.381 e. The first-order chi connectivity index (χ1) is 8.76. The van der Waals surface area contributed by atoms with Crippen LogP contribution in [0, 0.1) is 18.8 Å². The Labute approximate surface area is 113 Å². The molecule has 0 N–H and O–H groups in total. The summed E-state index contributed by atoms with van der Waals surface area (Å²) in [4.78, 5) is 7.15. The van der Waals surface area contributed by atoms with Crippen LogP contribution < -0.4 is 0 Å². The summed E-state index contributed by atoms with van der Waals surface area (Å²) in [6, 6.07) is 0. The quantitative estimate of drug-likeness (QED) is 0.841. The van der Waals surface area contributed by atoms with Gasteiger partial charge in [-0.3, -0.25) is 4.90 Å². The number of hydrogen-bond acceptors (Lipinski definition) is 4. The van der Waals surface area contributed by atoms with Crippen molar-refractivity contribution in [3.05, 3.63) is 16.1 Å². The van der Waals surface area contributed by atoms with Crippen molar-refractivity contribution in [2.24, 2.45) is 11.8 Å². The zero-order chi connectivity index (χ0) is 12.5. The van der Waals surface area contributed by atoms with Gasteiger partial charge < -0.3 is 4.74 Å². The van der Waals surface area contributed by atoms with E-state index >= 15 is 0 Å². The second-order valence-electron chi connectivity index (χ2n) is 5.68. The van der Waals surface area contributed by atoms with Crippen LogP contribution in [-0.2, 0) is 11.3 Å². The Morgan fingerprint density at radius 1 is 1.44 bits per heavy atom. The molecule has 1 aliphatic heterocycles. The van der Waals surface area contributed by atoms with Gasteiger partial charge >= 0.3 is 0 Å². The molecule has 0 amide bonds. The number of thiazole rings is 1. The van der Waals surface area contributed by atoms with E-state index in [1.54, 1.807) is 11.3 Å². The van der Waals surface area contributed by atoms with Crippen molar-refractivity contribution < 1.29 is 4.74 Å². The van der Waals surface area contributed by atoms with Gasteiger partial charge in [0.2, 0.25) is 0 Å². The third kappa shape index (κ3) is 2.46. The minimum absolute atomic E-state index is 0.492. The highest BCUT2D eigenvalue weighted by Crippen LogP contribution is 2.38. The molecule has 1 aliphatic carbocycles. The summed E-state index contributed by atoms with van der Waals surface area (Å²) in [5.41, 5.74) is 1.24. The topological polar surface area (TPSA) is 25.4 Å². The van der Waals surface area contributed by atoms with Crippen LogP contribution in [-0.4, -0.2) is 36.2 Å². The van der Waals surface area contributed by atoms with E-state index in [1.165, 1.54) is 43.1 Å². The molecule has 1 saturated carbocycles. The normalized spacial score (nSPS) is 32.7. The lowest BCUT2D eigenvalue weighted by Crippen LogP contribution is -2.33. The fourth-order valence-corrected chi connectivity index (χ4v) is 4.25. The monoisotopic (exact) mass is 266 g/mol.